The number of benzene rings is 3. The number of hydrogen-bond donors (Lipinski definition) is 1. The highest BCUT2D eigenvalue weighted by atomic mass is 16.5. The van der Waals surface area contributed by atoms with Gasteiger partial charge in [-0.05, 0) is 53.6 Å². The van der Waals surface area contributed by atoms with Crippen molar-refractivity contribution >= 4 is 17.4 Å². The number of methoxy groups -OCH3 is 1. The van der Waals surface area contributed by atoms with Gasteiger partial charge in [-0.15, -0.1) is 0 Å². The number of aryl methyl sites for hydroxylation is 2. The monoisotopic (exact) mass is 483 g/mol. The molecule has 1 N–H and O–H groups in total. The van der Waals surface area contributed by atoms with Crippen LogP contribution in [0.15, 0.2) is 72.3 Å². The van der Waals surface area contributed by atoms with E-state index in [1.165, 1.54) is 4.90 Å². The number of amides is 1. The molecule has 0 spiro atoms. The van der Waals surface area contributed by atoms with E-state index in [1.807, 2.05) is 80.6 Å². The van der Waals surface area contributed by atoms with Crippen LogP contribution in [-0.4, -0.2) is 28.8 Å². The molecule has 1 unspecified atom stereocenters. The summed E-state index contributed by atoms with van der Waals surface area (Å²) < 4.78 is 5.50. The molecule has 1 heterocycles. The van der Waals surface area contributed by atoms with Gasteiger partial charge < -0.3 is 14.7 Å². The lowest BCUT2D eigenvalue weighted by atomic mass is 9.84. The van der Waals surface area contributed by atoms with Crippen LogP contribution in [0.5, 0.6) is 5.75 Å². The summed E-state index contributed by atoms with van der Waals surface area (Å²) in [5, 5.41) is 11.6. The predicted molar refractivity (Wildman–Crippen MR) is 142 cm³/mol. The first kappa shape index (κ1) is 25.2. The maximum absolute atomic E-state index is 13.5. The fraction of sp³-hybridized carbons (Fsp3) is 0.290. The highest BCUT2D eigenvalue weighted by Crippen LogP contribution is 2.42. The van der Waals surface area contributed by atoms with Gasteiger partial charge in [-0.2, -0.15) is 0 Å². The number of ether oxygens (including phenoxy) is 1. The zero-order valence-corrected chi connectivity index (χ0v) is 21.8. The number of carbonyl (C=O) groups excluding carboxylic acids is 2. The van der Waals surface area contributed by atoms with Crippen LogP contribution in [0.1, 0.15) is 60.2 Å². The van der Waals surface area contributed by atoms with Crippen molar-refractivity contribution in [2.75, 3.05) is 7.11 Å². The van der Waals surface area contributed by atoms with E-state index in [1.54, 1.807) is 7.11 Å². The number of hydrogen-bond acceptors (Lipinski definition) is 4. The molecule has 0 bridgehead atoms. The van der Waals surface area contributed by atoms with E-state index in [4.69, 9.17) is 4.74 Å². The van der Waals surface area contributed by atoms with Crippen molar-refractivity contribution in [3.63, 3.8) is 0 Å². The molecule has 1 atom stereocenters. The van der Waals surface area contributed by atoms with Gasteiger partial charge in [0.05, 0.1) is 25.3 Å². The molecule has 3 aromatic carbocycles. The molecule has 0 saturated carbocycles. The molecule has 3 aromatic rings. The van der Waals surface area contributed by atoms with Gasteiger partial charge >= 0.3 is 0 Å². The molecular weight excluding hydrogens is 450 g/mol. The third-order valence-corrected chi connectivity index (χ3v) is 6.91. The largest absolute Gasteiger partial charge is 0.507 e. The van der Waals surface area contributed by atoms with Crippen LogP contribution in [-0.2, 0) is 21.5 Å². The normalized spacial score (nSPS) is 17.5. The Kier molecular flexibility index (Phi) is 6.77. The lowest BCUT2D eigenvalue weighted by Gasteiger charge is -2.27. The number of nitrogens with zero attached hydrogens (tertiary/aromatic N) is 1. The van der Waals surface area contributed by atoms with Crippen molar-refractivity contribution in [1.29, 1.82) is 0 Å². The molecule has 0 radical (unpaired) electrons. The van der Waals surface area contributed by atoms with Crippen molar-refractivity contribution in [2.24, 2.45) is 0 Å². The fourth-order valence-corrected chi connectivity index (χ4v) is 4.77. The second-order valence-corrected chi connectivity index (χ2v) is 10.4. The van der Waals surface area contributed by atoms with Crippen LogP contribution in [0.2, 0.25) is 0 Å². The zero-order chi connectivity index (χ0) is 26.2. The summed E-state index contributed by atoms with van der Waals surface area (Å²) in [5.74, 6) is -0.832. The minimum atomic E-state index is -0.728. The van der Waals surface area contributed by atoms with Gasteiger partial charge in [0.15, 0.2) is 0 Å². The highest BCUT2D eigenvalue weighted by molar-refractivity contribution is 6.46. The van der Waals surface area contributed by atoms with Crippen molar-refractivity contribution in [2.45, 2.75) is 52.6 Å². The van der Waals surface area contributed by atoms with Crippen LogP contribution >= 0.6 is 0 Å². The Hall–Kier alpha value is -3.86. The Balaban J connectivity index is 1.94. The number of para-hydroxylation sites is 1. The Labute approximate surface area is 213 Å². The standard InChI is InChI=1S/C31H33NO4/c1-19-11-7-9-13-23(19)27-26(28(33)24-17-22(31(3,4)5)16-15-20(24)2)29(34)30(35)32(27)18-21-12-8-10-14-25(21)36-6/h7-17,27,33H,18H2,1-6H3/b28-26+. The van der Waals surface area contributed by atoms with Gasteiger partial charge in [-0.25, -0.2) is 0 Å². The van der Waals surface area contributed by atoms with E-state index in [0.717, 1.165) is 27.8 Å². The average molecular weight is 484 g/mol. The molecule has 1 amide bonds. The Morgan fingerprint density at radius 3 is 2.28 bits per heavy atom. The van der Waals surface area contributed by atoms with Crippen LogP contribution in [0.25, 0.3) is 5.76 Å². The third kappa shape index (κ3) is 4.53. The van der Waals surface area contributed by atoms with Gasteiger partial charge in [0.1, 0.15) is 11.5 Å². The van der Waals surface area contributed by atoms with Crippen LogP contribution in [0, 0.1) is 13.8 Å². The third-order valence-electron chi connectivity index (χ3n) is 6.91. The van der Waals surface area contributed by atoms with Gasteiger partial charge in [0.25, 0.3) is 11.7 Å². The summed E-state index contributed by atoms with van der Waals surface area (Å²) in [6.07, 6.45) is 0. The maximum Gasteiger partial charge on any atom is 0.295 e. The summed E-state index contributed by atoms with van der Waals surface area (Å²) in [4.78, 5) is 28.5. The Morgan fingerprint density at radius 2 is 1.61 bits per heavy atom. The molecule has 36 heavy (non-hydrogen) atoms. The number of aliphatic hydroxyl groups is 1. The molecule has 1 fully saturated rings. The van der Waals surface area contributed by atoms with Gasteiger partial charge in [-0.3, -0.25) is 9.59 Å². The van der Waals surface area contributed by atoms with E-state index in [2.05, 4.69) is 20.8 Å². The van der Waals surface area contributed by atoms with E-state index >= 15 is 0 Å². The molecule has 1 saturated heterocycles. The number of carbonyl (C=O) groups is 2. The smallest absolute Gasteiger partial charge is 0.295 e. The van der Waals surface area contributed by atoms with Crippen LogP contribution in [0.3, 0.4) is 0 Å². The maximum atomic E-state index is 13.5. The predicted octanol–water partition coefficient (Wildman–Crippen LogP) is 6.23. The summed E-state index contributed by atoms with van der Waals surface area (Å²) in [6, 6.07) is 20.3. The Morgan fingerprint density at radius 1 is 0.944 bits per heavy atom. The number of ketones is 1. The summed E-state index contributed by atoms with van der Waals surface area (Å²) in [5.41, 5.74) is 4.92. The topological polar surface area (TPSA) is 66.8 Å². The molecule has 4 rings (SSSR count). The second kappa shape index (κ2) is 9.65. The minimum absolute atomic E-state index is 0.110. The molecule has 1 aliphatic heterocycles. The highest BCUT2D eigenvalue weighted by Gasteiger charge is 2.46. The molecule has 186 valence electrons. The number of rotatable bonds is 5. The molecule has 1 aliphatic rings. The first-order valence-electron chi connectivity index (χ1n) is 12.1. The molecular formula is C31H33NO4. The van der Waals surface area contributed by atoms with Crippen LogP contribution in [0.4, 0.5) is 0 Å². The first-order chi connectivity index (χ1) is 17.0. The summed E-state index contributed by atoms with van der Waals surface area (Å²) in [7, 11) is 1.58. The zero-order valence-electron chi connectivity index (χ0n) is 21.8. The fourth-order valence-electron chi connectivity index (χ4n) is 4.77. The molecule has 5 heteroatoms. The van der Waals surface area contributed by atoms with E-state index < -0.39 is 17.7 Å². The van der Waals surface area contributed by atoms with Crippen molar-refractivity contribution in [1.82, 2.24) is 4.90 Å². The molecule has 0 aromatic heterocycles. The Bertz CT molecular complexity index is 1360. The number of Topliss-reactive ketones (excluding diaryl/α,β-unsaturated/α-hetero) is 1. The number of likely N-dealkylation sites (tertiary alicyclic amines) is 1. The van der Waals surface area contributed by atoms with E-state index in [9.17, 15) is 14.7 Å². The van der Waals surface area contributed by atoms with Gasteiger partial charge in [0.2, 0.25) is 0 Å². The van der Waals surface area contributed by atoms with Crippen molar-refractivity contribution in [3.05, 3.63) is 106 Å². The van der Waals surface area contributed by atoms with Gasteiger partial charge in [-0.1, -0.05) is 75.4 Å². The van der Waals surface area contributed by atoms with Crippen molar-refractivity contribution < 1.29 is 19.4 Å². The minimum Gasteiger partial charge on any atom is -0.507 e. The quantitative estimate of drug-likeness (QED) is 0.265. The average Bonchev–Trinajstić information content (AvgIpc) is 3.08. The van der Waals surface area contributed by atoms with E-state index in [-0.39, 0.29) is 23.3 Å². The summed E-state index contributed by atoms with van der Waals surface area (Å²) >= 11 is 0. The van der Waals surface area contributed by atoms with Crippen molar-refractivity contribution in [3.8, 4) is 5.75 Å². The van der Waals surface area contributed by atoms with Crippen LogP contribution < -0.4 is 4.74 Å². The number of aliphatic hydroxyl groups excluding tert-OH is 1. The second-order valence-electron chi connectivity index (χ2n) is 10.4. The summed E-state index contributed by atoms with van der Waals surface area (Å²) in [6.45, 7) is 10.3. The lowest BCUT2D eigenvalue weighted by Crippen LogP contribution is -2.29. The lowest BCUT2D eigenvalue weighted by molar-refractivity contribution is -0.140. The molecule has 5 nitrogen and oxygen atoms in total. The van der Waals surface area contributed by atoms with Gasteiger partial charge in [0, 0.05) is 11.1 Å². The van der Waals surface area contributed by atoms with E-state index in [0.29, 0.717) is 11.3 Å². The molecule has 0 aliphatic carbocycles. The SMILES string of the molecule is COc1ccccc1CN1C(=O)C(=O)/C(=C(/O)c2cc(C(C)(C)C)ccc2C)C1c1ccccc1C. The first-order valence-corrected chi connectivity index (χ1v) is 12.1.